The SMILES string of the molecule is CN(C)S(=O)(=O)c1ccc(Cl)c(C(=O)N2CCCCC2C(=O)NCc2ccccc2-c2ccc(Cl)cc2Cl)c1. The number of hydrogen-bond donors (Lipinski definition) is 1. The van der Waals surface area contributed by atoms with Crippen molar-refractivity contribution < 1.29 is 18.0 Å². The van der Waals surface area contributed by atoms with Gasteiger partial charge in [0.05, 0.1) is 15.5 Å². The van der Waals surface area contributed by atoms with Crippen molar-refractivity contribution in [3.63, 3.8) is 0 Å². The van der Waals surface area contributed by atoms with Crippen molar-refractivity contribution in [1.29, 1.82) is 0 Å². The molecule has 3 aromatic carbocycles. The summed E-state index contributed by atoms with van der Waals surface area (Å²) in [6.07, 6.45) is 1.98. The van der Waals surface area contributed by atoms with Crippen molar-refractivity contribution >= 4 is 56.6 Å². The lowest BCUT2D eigenvalue weighted by molar-refractivity contribution is -0.126. The number of likely N-dealkylation sites (tertiary alicyclic amines) is 1. The third-order valence-electron chi connectivity index (χ3n) is 6.70. The third kappa shape index (κ3) is 6.42. The maximum absolute atomic E-state index is 13.6. The fourth-order valence-electron chi connectivity index (χ4n) is 4.59. The summed E-state index contributed by atoms with van der Waals surface area (Å²) in [7, 11) is -0.950. The smallest absolute Gasteiger partial charge is 0.256 e. The molecular weight excluding hydrogens is 581 g/mol. The number of rotatable bonds is 7. The molecule has 0 saturated carbocycles. The second-order valence-electron chi connectivity index (χ2n) is 9.44. The molecule has 4 rings (SSSR count). The van der Waals surface area contributed by atoms with Crippen LogP contribution in [0.1, 0.15) is 35.2 Å². The van der Waals surface area contributed by atoms with Crippen LogP contribution in [0.5, 0.6) is 0 Å². The van der Waals surface area contributed by atoms with Gasteiger partial charge in [0.2, 0.25) is 15.9 Å². The number of piperidine rings is 1. The van der Waals surface area contributed by atoms with Crippen LogP contribution in [0.15, 0.2) is 65.6 Å². The Balaban J connectivity index is 1.56. The van der Waals surface area contributed by atoms with Gasteiger partial charge in [-0.05, 0) is 60.7 Å². The Morgan fingerprint density at radius 3 is 2.41 bits per heavy atom. The zero-order valence-corrected chi connectivity index (χ0v) is 24.5. The van der Waals surface area contributed by atoms with E-state index in [1.807, 2.05) is 30.3 Å². The number of benzene rings is 3. The highest BCUT2D eigenvalue weighted by molar-refractivity contribution is 7.89. The highest BCUT2D eigenvalue weighted by atomic mass is 35.5. The van der Waals surface area contributed by atoms with Crippen LogP contribution in [0.2, 0.25) is 15.1 Å². The monoisotopic (exact) mass is 607 g/mol. The molecule has 1 N–H and O–H groups in total. The van der Waals surface area contributed by atoms with Crippen molar-refractivity contribution in [1.82, 2.24) is 14.5 Å². The highest BCUT2D eigenvalue weighted by Crippen LogP contribution is 2.33. The molecule has 1 atom stereocenters. The summed E-state index contributed by atoms with van der Waals surface area (Å²) >= 11 is 18.8. The van der Waals surface area contributed by atoms with Gasteiger partial charge in [0, 0.05) is 42.8 Å². The van der Waals surface area contributed by atoms with Crippen LogP contribution >= 0.6 is 34.8 Å². The molecule has 0 aliphatic carbocycles. The minimum atomic E-state index is -3.77. The van der Waals surface area contributed by atoms with Gasteiger partial charge < -0.3 is 10.2 Å². The minimum absolute atomic E-state index is 0.0435. The summed E-state index contributed by atoms with van der Waals surface area (Å²) in [5, 5.41) is 4.13. The molecule has 1 aliphatic rings. The molecule has 39 heavy (non-hydrogen) atoms. The number of nitrogens with one attached hydrogen (secondary N) is 1. The van der Waals surface area contributed by atoms with Crippen LogP contribution in [0, 0.1) is 0 Å². The molecule has 2 amide bonds. The Morgan fingerprint density at radius 1 is 0.949 bits per heavy atom. The predicted molar refractivity (Wildman–Crippen MR) is 155 cm³/mol. The summed E-state index contributed by atoms with van der Waals surface area (Å²) in [6, 6.07) is 16.2. The Hall–Kier alpha value is -2.62. The van der Waals surface area contributed by atoms with Crippen molar-refractivity contribution in [3.8, 4) is 11.1 Å². The summed E-state index contributed by atoms with van der Waals surface area (Å²) in [6.45, 7) is 0.582. The summed E-state index contributed by atoms with van der Waals surface area (Å²) in [5.41, 5.74) is 2.56. The number of amides is 2. The van der Waals surface area contributed by atoms with Gasteiger partial charge in [-0.25, -0.2) is 12.7 Å². The van der Waals surface area contributed by atoms with Gasteiger partial charge in [0.15, 0.2) is 0 Å². The van der Waals surface area contributed by atoms with Crippen LogP contribution in [-0.4, -0.2) is 56.1 Å². The van der Waals surface area contributed by atoms with Crippen molar-refractivity contribution in [2.24, 2.45) is 0 Å². The third-order valence-corrected chi connectivity index (χ3v) is 9.39. The number of nitrogens with zero attached hydrogens (tertiary/aromatic N) is 2. The van der Waals surface area contributed by atoms with Crippen LogP contribution in [0.25, 0.3) is 11.1 Å². The van der Waals surface area contributed by atoms with Gasteiger partial charge in [-0.3, -0.25) is 9.59 Å². The Bertz CT molecular complexity index is 1510. The quantitative estimate of drug-likeness (QED) is 0.363. The van der Waals surface area contributed by atoms with Crippen LogP contribution in [0.4, 0.5) is 0 Å². The number of carbonyl (C=O) groups is 2. The van der Waals surface area contributed by atoms with Crippen molar-refractivity contribution in [2.45, 2.75) is 36.7 Å². The fraction of sp³-hybridized carbons (Fsp3) is 0.286. The standard InChI is InChI=1S/C28H28Cl3N3O4S/c1-33(2)39(37,38)20-11-13-24(30)23(16-20)28(36)34-14-6-5-9-26(34)27(35)32-17-18-7-3-4-8-21(18)22-12-10-19(29)15-25(22)31/h3-4,7-8,10-13,15-16,26H,5-6,9,14,17H2,1-2H3,(H,32,35). The van der Waals surface area contributed by atoms with E-state index in [9.17, 15) is 18.0 Å². The Morgan fingerprint density at radius 2 is 1.69 bits per heavy atom. The number of carbonyl (C=O) groups excluding carboxylic acids is 2. The predicted octanol–water partition coefficient (Wildman–Crippen LogP) is 5.88. The molecule has 0 radical (unpaired) electrons. The first kappa shape index (κ1) is 29.4. The molecule has 1 aliphatic heterocycles. The minimum Gasteiger partial charge on any atom is -0.350 e. The van der Waals surface area contributed by atoms with E-state index in [0.29, 0.717) is 23.0 Å². The van der Waals surface area contributed by atoms with E-state index in [4.69, 9.17) is 34.8 Å². The average molecular weight is 609 g/mol. The van der Waals surface area contributed by atoms with E-state index in [2.05, 4.69) is 5.32 Å². The number of halogens is 3. The van der Waals surface area contributed by atoms with Crippen molar-refractivity contribution in [2.75, 3.05) is 20.6 Å². The lowest BCUT2D eigenvalue weighted by Gasteiger charge is -2.35. The van der Waals surface area contributed by atoms with E-state index < -0.39 is 22.0 Å². The zero-order chi connectivity index (χ0) is 28.3. The van der Waals surface area contributed by atoms with Crippen molar-refractivity contribution in [3.05, 3.63) is 86.9 Å². The number of hydrogen-bond acceptors (Lipinski definition) is 4. The molecule has 1 heterocycles. The second-order valence-corrected chi connectivity index (χ2v) is 12.8. The largest absolute Gasteiger partial charge is 0.350 e. The molecule has 1 fully saturated rings. The molecule has 0 spiro atoms. The maximum Gasteiger partial charge on any atom is 0.256 e. The summed E-state index contributed by atoms with van der Waals surface area (Å²) in [4.78, 5) is 28.4. The summed E-state index contributed by atoms with van der Waals surface area (Å²) < 4.78 is 26.3. The molecule has 7 nitrogen and oxygen atoms in total. The van der Waals surface area contributed by atoms with Gasteiger partial charge in [-0.1, -0.05) is 65.1 Å². The molecule has 206 valence electrons. The van der Waals surface area contributed by atoms with Crippen LogP contribution in [-0.2, 0) is 21.4 Å². The lowest BCUT2D eigenvalue weighted by Crippen LogP contribution is -2.51. The first-order valence-electron chi connectivity index (χ1n) is 12.3. The van der Waals surface area contributed by atoms with E-state index >= 15 is 0 Å². The van der Waals surface area contributed by atoms with Gasteiger partial charge in [-0.15, -0.1) is 0 Å². The van der Waals surface area contributed by atoms with Gasteiger partial charge >= 0.3 is 0 Å². The average Bonchev–Trinajstić information content (AvgIpc) is 2.91. The van der Waals surface area contributed by atoms with Gasteiger partial charge in [0.25, 0.3) is 5.91 Å². The maximum atomic E-state index is 13.6. The zero-order valence-electron chi connectivity index (χ0n) is 21.5. The van der Waals surface area contributed by atoms with E-state index in [0.717, 1.165) is 33.8 Å². The normalized spacial score (nSPS) is 15.8. The van der Waals surface area contributed by atoms with E-state index in [1.165, 1.54) is 37.2 Å². The highest BCUT2D eigenvalue weighted by Gasteiger charge is 2.34. The first-order valence-corrected chi connectivity index (χ1v) is 14.9. The Labute approximate surface area is 243 Å². The first-order chi connectivity index (χ1) is 18.5. The fourth-order valence-corrected chi connectivity index (χ4v) is 6.22. The molecular formula is C28H28Cl3N3O4S. The van der Waals surface area contributed by atoms with Gasteiger partial charge in [0.1, 0.15) is 6.04 Å². The van der Waals surface area contributed by atoms with Gasteiger partial charge in [-0.2, -0.15) is 0 Å². The van der Waals surface area contributed by atoms with Crippen LogP contribution in [0.3, 0.4) is 0 Å². The molecule has 0 bridgehead atoms. The topological polar surface area (TPSA) is 86.8 Å². The van der Waals surface area contributed by atoms with E-state index in [-0.39, 0.29) is 27.9 Å². The van der Waals surface area contributed by atoms with E-state index in [1.54, 1.807) is 12.1 Å². The molecule has 11 heteroatoms. The molecule has 3 aromatic rings. The second kappa shape index (κ2) is 12.3. The molecule has 1 saturated heterocycles. The lowest BCUT2D eigenvalue weighted by atomic mass is 9.98. The Kier molecular flexibility index (Phi) is 9.24. The van der Waals surface area contributed by atoms with Crippen LogP contribution < -0.4 is 5.32 Å². The molecule has 1 unspecified atom stereocenters. The summed E-state index contributed by atoms with van der Waals surface area (Å²) in [5.74, 6) is -0.780. The molecule has 0 aromatic heterocycles. The number of sulfonamides is 1.